The van der Waals surface area contributed by atoms with E-state index in [0.717, 1.165) is 21.8 Å². The highest BCUT2D eigenvalue weighted by Gasteiger charge is 2.66. The van der Waals surface area contributed by atoms with Gasteiger partial charge in [0.15, 0.2) is 17.7 Å². The molecule has 5 heterocycles. The number of aromatic nitrogens is 6. The van der Waals surface area contributed by atoms with Crippen molar-refractivity contribution >= 4 is 30.4 Å². The quantitative estimate of drug-likeness (QED) is 0.124. The van der Waals surface area contributed by atoms with Crippen molar-refractivity contribution in [2.24, 2.45) is 0 Å². The van der Waals surface area contributed by atoms with Crippen LogP contribution in [0.15, 0.2) is 29.7 Å². The summed E-state index contributed by atoms with van der Waals surface area (Å²) >= 11 is 0. The first-order valence-electron chi connectivity index (χ1n) is 11.4. The molecule has 0 spiro atoms. The zero-order valence-electron chi connectivity index (χ0n) is 20.3. The van der Waals surface area contributed by atoms with E-state index < -0.39 is 74.8 Å². The van der Waals surface area contributed by atoms with Gasteiger partial charge in [0.1, 0.15) is 60.6 Å². The number of ether oxygens (including phenoxy) is 2. The Kier molecular flexibility index (Phi) is 8.23. The van der Waals surface area contributed by atoms with Gasteiger partial charge in [-0.15, -0.1) is 0 Å². The van der Waals surface area contributed by atoms with Gasteiger partial charge in [0.2, 0.25) is 0 Å². The number of fused-ring (bicyclic) bond motifs is 1. The van der Waals surface area contributed by atoms with Crippen molar-refractivity contribution in [3.63, 3.8) is 0 Å². The zero-order chi connectivity index (χ0) is 29.6. The van der Waals surface area contributed by atoms with Gasteiger partial charge in [-0.1, -0.05) is 0 Å². The van der Waals surface area contributed by atoms with Gasteiger partial charge in [-0.25, -0.2) is 19.7 Å². The third-order valence-corrected chi connectivity index (χ3v) is 7.78. The Morgan fingerprint density at radius 2 is 1.68 bits per heavy atom. The SMILES string of the molecule is Nc1ccn([C@@H]2O[C@H](CO)[C@@H](O)[C@H]2O)c(=O)n1.Nc1ncnc2c1ncn2[C@]1(P(=O)(O)O)O[C@H](CO)[C@@H](O)[C@H]1O. The van der Waals surface area contributed by atoms with Crippen molar-refractivity contribution in [1.82, 2.24) is 29.1 Å². The number of rotatable bonds is 5. The maximum atomic E-state index is 12.1. The van der Waals surface area contributed by atoms with Crippen LogP contribution in [0.3, 0.4) is 0 Å². The van der Waals surface area contributed by atoms with Gasteiger partial charge in [0.25, 0.3) is 5.47 Å². The molecule has 0 amide bonds. The van der Waals surface area contributed by atoms with E-state index in [-0.39, 0.29) is 22.8 Å². The van der Waals surface area contributed by atoms with Gasteiger partial charge in [-0.2, -0.15) is 4.98 Å². The van der Waals surface area contributed by atoms with Crippen molar-refractivity contribution < 1.29 is 54.5 Å². The first kappa shape index (κ1) is 29.8. The molecule has 0 unspecified atom stereocenters. The van der Waals surface area contributed by atoms with E-state index in [4.69, 9.17) is 26.0 Å². The number of nitrogens with zero attached hydrogens (tertiary/aromatic N) is 6. The summed E-state index contributed by atoms with van der Waals surface area (Å²) in [6.07, 6.45) is -6.44. The molecule has 12 N–H and O–H groups in total. The average Bonchev–Trinajstić information content (AvgIpc) is 3.54. The summed E-state index contributed by atoms with van der Waals surface area (Å²) in [7, 11) is -5.22. The summed E-state index contributed by atoms with van der Waals surface area (Å²) in [5.74, 6) is 0.0133. The summed E-state index contributed by atoms with van der Waals surface area (Å²) < 4.78 is 24.3. The normalized spacial score (nSPS) is 32.2. The Morgan fingerprint density at radius 3 is 2.23 bits per heavy atom. The largest absolute Gasteiger partial charge is 0.394 e. The maximum Gasteiger partial charge on any atom is 0.381 e. The lowest BCUT2D eigenvalue weighted by Crippen LogP contribution is -2.45. The van der Waals surface area contributed by atoms with Crippen LogP contribution in [0.4, 0.5) is 11.6 Å². The fourth-order valence-corrected chi connectivity index (χ4v) is 5.53. The Bertz CT molecular complexity index is 1470. The summed E-state index contributed by atoms with van der Waals surface area (Å²) in [6, 6.07) is 1.37. The number of hydrogen-bond acceptors (Lipinski definition) is 16. The molecule has 0 bridgehead atoms. The van der Waals surface area contributed by atoms with Crippen molar-refractivity contribution in [2.75, 3.05) is 24.7 Å². The smallest absolute Gasteiger partial charge is 0.381 e. The minimum Gasteiger partial charge on any atom is -0.394 e. The maximum absolute atomic E-state index is 12.1. The first-order valence-corrected chi connectivity index (χ1v) is 13.0. The molecule has 0 aromatic carbocycles. The monoisotopic (exact) mass is 590 g/mol. The highest BCUT2D eigenvalue weighted by atomic mass is 31.2. The molecule has 21 heteroatoms. The minimum absolute atomic E-state index is 0.0399. The molecule has 40 heavy (non-hydrogen) atoms. The highest BCUT2D eigenvalue weighted by molar-refractivity contribution is 7.52. The summed E-state index contributed by atoms with van der Waals surface area (Å²) in [6.45, 7) is -1.21. The van der Waals surface area contributed by atoms with E-state index in [1.807, 2.05) is 0 Å². The van der Waals surface area contributed by atoms with E-state index in [2.05, 4.69) is 19.9 Å². The van der Waals surface area contributed by atoms with E-state index in [9.17, 15) is 44.7 Å². The van der Waals surface area contributed by atoms with E-state index >= 15 is 0 Å². The lowest BCUT2D eigenvalue weighted by atomic mass is 10.1. The van der Waals surface area contributed by atoms with Gasteiger partial charge in [0, 0.05) is 6.20 Å². The number of imidazole rings is 1. The molecule has 20 nitrogen and oxygen atoms in total. The van der Waals surface area contributed by atoms with Crippen LogP contribution in [0.25, 0.3) is 11.2 Å². The third-order valence-electron chi connectivity index (χ3n) is 6.36. The molecule has 0 radical (unpaired) electrons. The average molecular weight is 590 g/mol. The second kappa shape index (κ2) is 11.0. The standard InChI is InChI=1S/C10H14N5O7P.C9H13N3O5/c11-8-5-9(13-2-12-8)15(3-14-5)10(23(19,20)21)7(18)6(17)4(1-16)22-10;10-5-1-2-12(9(16)11-5)8-7(15)6(14)4(3-13)17-8/h2-4,6-7,16-18H,1H2,(H2,11,12,13)(H2,19,20,21);1-2,4,6-8,13-15H,3H2,(H2,10,11,16)/t4-,6-,7-,10+;4-,6-,7-,8-/m11/s1. The van der Waals surface area contributed by atoms with Gasteiger partial charge in [-0.05, 0) is 6.07 Å². The molecule has 2 aliphatic rings. The zero-order valence-corrected chi connectivity index (χ0v) is 21.2. The fourth-order valence-electron chi connectivity index (χ4n) is 4.33. The van der Waals surface area contributed by atoms with Crippen LogP contribution in [0.2, 0.25) is 0 Å². The molecule has 3 aromatic rings. The number of aliphatic hydroxyl groups is 6. The van der Waals surface area contributed by atoms with Crippen LogP contribution in [-0.4, -0.2) is 119 Å². The minimum atomic E-state index is -5.22. The molecule has 2 saturated heterocycles. The number of hydrogen-bond donors (Lipinski definition) is 10. The van der Waals surface area contributed by atoms with Gasteiger partial charge in [-0.3, -0.25) is 13.7 Å². The van der Waals surface area contributed by atoms with Crippen molar-refractivity contribution in [1.29, 1.82) is 0 Å². The topological polar surface area (TPSA) is 328 Å². The fraction of sp³-hybridized carbons (Fsp3) is 0.526. The molecule has 8 atom stereocenters. The van der Waals surface area contributed by atoms with Gasteiger partial charge < -0.3 is 61.4 Å². The predicted octanol–water partition coefficient (Wildman–Crippen LogP) is -5.25. The van der Waals surface area contributed by atoms with Crippen molar-refractivity contribution in [3.8, 4) is 0 Å². The van der Waals surface area contributed by atoms with Crippen LogP contribution in [0.5, 0.6) is 0 Å². The van der Waals surface area contributed by atoms with Crippen LogP contribution >= 0.6 is 7.60 Å². The molecule has 2 aliphatic heterocycles. The lowest BCUT2D eigenvalue weighted by molar-refractivity contribution is -0.0985. The Morgan fingerprint density at radius 1 is 1.00 bits per heavy atom. The van der Waals surface area contributed by atoms with E-state index in [0.29, 0.717) is 0 Å². The van der Waals surface area contributed by atoms with Gasteiger partial charge >= 0.3 is 13.3 Å². The van der Waals surface area contributed by atoms with Crippen LogP contribution in [0, 0.1) is 0 Å². The second-order valence-electron chi connectivity index (χ2n) is 8.79. The van der Waals surface area contributed by atoms with Crippen LogP contribution in [0.1, 0.15) is 6.23 Å². The number of nitrogens with two attached hydrogens (primary N) is 2. The first-order chi connectivity index (χ1) is 18.8. The predicted molar refractivity (Wildman–Crippen MR) is 130 cm³/mol. The molecule has 3 aromatic heterocycles. The summed E-state index contributed by atoms with van der Waals surface area (Å²) in [5, 5.41) is 57.5. The lowest BCUT2D eigenvalue weighted by Gasteiger charge is -2.33. The van der Waals surface area contributed by atoms with Crippen LogP contribution < -0.4 is 17.2 Å². The van der Waals surface area contributed by atoms with E-state index in [1.165, 1.54) is 12.3 Å². The molecule has 0 saturated carbocycles. The third kappa shape index (κ3) is 4.84. The Balaban J connectivity index is 0.000000194. The molecule has 2 fully saturated rings. The molecule has 0 aliphatic carbocycles. The molecular formula is C19H27N8O12P. The number of anilines is 2. The number of aliphatic hydroxyl groups excluding tert-OH is 6. The molecular weight excluding hydrogens is 563 g/mol. The molecule has 5 rings (SSSR count). The van der Waals surface area contributed by atoms with Crippen molar-refractivity contribution in [2.45, 2.75) is 48.3 Å². The molecule has 220 valence electrons. The second-order valence-corrected chi connectivity index (χ2v) is 10.5. The van der Waals surface area contributed by atoms with Crippen LogP contribution in [-0.2, 0) is 19.5 Å². The van der Waals surface area contributed by atoms with Gasteiger partial charge in [0.05, 0.1) is 13.2 Å². The van der Waals surface area contributed by atoms with E-state index in [1.54, 1.807) is 0 Å². The van der Waals surface area contributed by atoms with Crippen molar-refractivity contribution in [3.05, 3.63) is 35.4 Å². The number of nitrogen functional groups attached to an aromatic ring is 2. The highest BCUT2D eigenvalue weighted by Crippen LogP contribution is 2.61. The summed E-state index contributed by atoms with van der Waals surface area (Å²) in [4.78, 5) is 46.0. The summed E-state index contributed by atoms with van der Waals surface area (Å²) in [5.41, 5.74) is 7.49. The Hall–Kier alpha value is -3.14. The Labute approximate surface area is 222 Å².